The van der Waals surface area contributed by atoms with Gasteiger partial charge in [-0.2, -0.15) is 0 Å². The zero-order valence-electron chi connectivity index (χ0n) is 11.7. The average Bonchev–Trinajstić information content (AvgIpc) is 2.85. The van der Waals surface area contributed by atoms with Crippen molar-refractivity contribution in [1.82, 2.24) is 5.32 Å². The predicted molar refractivity (Wildman–Crippen MR) is 87.5 cm³/mol. The van der Waals surface area contributed by atoms with E-state index in [1.165, 1.54) is 0 Å². The third-order valence-electron chi connectivity index (χ3n) is 3.32. The molecule has 0 unspecified atom stereocenters. The lowest BCUT2D eigenvalue weighted by Crippen LogP contribution is -2.07. The highest BCUT2D eigenvalue weighted by Gasteiger charge is 2.13. The number of furan rings is 1. The quantitative estimate of drug-likeness (QED) is 0.739. The van der Waals surface area contributed by atoms with Crippen molar-refractivity contribution in [2.24, 2.45) is 0 Å². The van der Waals surface area contributed by atoms with Crippen molar-refractivity contribution in [1.29, 1.82) is 0 Å². The predicted octanol–water partition coefficient (Wildman–Crippen LogP) is 4.49. The van der Waals surface area contributed by atoms with Gasteiger partial charge in [0.15, 0.2) is 0 Å². The zero-order chi connectivity index (χ0) is 14.7. The second-order valence-corrected chi connectivity index (χ2v) is 5.69. The molecule has 3 rings (SSSR count). The van der Waals surface area contributed by atoms with Gasteiger partial charge in [0.25, 0.3) is 0 Å². The number of nitrogens with one attached hydrogen (secondary N) is 1. The molecule has 0 amide bonds. The Morgan fingerprint density at radius 2 is 1.86 bits per heavy atom. The van der Waals surface area contributed by atoms with Crippen LogP contribution in [0.1, 0.15) is 11.3 Å². The Morgan fingerprint density at radius 1 is 1.10 bits per heavy atom. The van der Waals surface area contributed by atoms with Crippen molar-refractivity contribution in [3.8, 4) is 5.75 Å². The molecule has 0 fully saturated rings. The van der Waals surface area contributed by atoms with Crippen molar-refractivity contribution in [2.75, 3.05) is 7.05 Å². The fraction of sp³-hybridized carbons (Fsp3) is 0.176. The Morgan fingerprint density at radius 3 is 2.62 bits per heavy atom. The molecule has 21 heavy (non-hydrogen) atoms. The minimum Gasteiger partial charge on any atom is -0.489 e. The first-order valence-electron chi connectivity index (χ1n) is 6.80. The van der Waals surface area contributed by atoms with E-state index in [1.54, 1.807) is 0 Å². The fourth-order valence-corrected chi connectivity index (χ4v) is 2.56. The Kier molecular flexibility index (Phi) is 4.27. The summed E-state index contributed by atoms with van der Waals surface area (Å²) in [5.41, 5.74) is 2.00. The van der Waals surface area contributed by atoms with Crippen LogP contribution in [0, 0.1) is 0 Å². The molecule has 4 heteroatoms. The van der Waals surface area contributed by atoms with Crippen LogP contribution in [0.5, 0.6) is 5.75 Å². The van der Waals surface area contributed by atoms with Crippen LogP contribution in [0.15, 0.2) is 57.4 Å². The van der Waals surface area contributed by atoms with E-state index < -0.39 is 0 Å². The van der Waals surface area contributed by atoms with Crippen molar-refractivity contribution in [3.63, 3.8) is 0 Å². The first kappa shape index (κ1) is 14.2. The lowest BCUT2D eigenvalue weighted by molar-refractivity contribution is 0.303. The zero-order valence-corrected chi connectivity index (χ0v) is 13.3. The van der Waals surface area contributed by atoms with Crippen LogP contribution in [0.4, 0.5) is 0 Å². The SMILES string of the molecule is CNCc1oc2ccccc2c1COc1ccc(Br)cc1. The number of para-hydroxylation sites is 1. The largest absolute Gasteiger partial charge is 0.489 e. The summed E-state index contributed by atoms with van der Waals surface area (Å²) in [5.74, 6) is 1.77. The molecule has 1 heterocycles. The molecule has 0 aliphatic rings. The number of hydrogen-bond donors (Lipinski definition) is 1. The highest BCUT2D eigenvalue weighted by Crippen LogP contribution is 2.27. The number of rotatable bonds is 5. The number of fused-ring (bicyclic) bond motifs is 1. The Hall–Kier alpha value is -1.78. The molecule has 0 aliphatic heterocycles. The normalized spacial score (nSPS) is 11.0. The smallest absolute Gasteiger partial charge is 0.134 e. The van der Waals surface area contributed by atoms with E-state index in [-0.39, 0.29) is 0 Å². The van der Waals surface area contributed by atoms with Gasteiger partial charge in [-0.15, -0.1) is 0 Å². The lowest BCUT2D eigenvalue weighted by atomic mass is 10.1. The topological polar surface area (TPSA) is 34.4 Å². The van der Waals surface area contributed by atoms with Gasteiger partial charge in [-0.25, -0.2) is 0 Å². The Labute approximate surface area is 132 Å². The highest BCUT2D eigenvalue weighted by molar-refractivity contribution is 9.10. The van der Waals surface area contributed by atoms with E-state index in [0.717, 1.165) is 32.5 Å². The van der Waals surface area contributed by atoms with Gasteiger partial charge in [0.2, 0.25) is 0 Å². The molecule has 2 aromatic carbocycles. The van der Waals surface area contributed by atoms with Crippen LogP contribution >= 0.6 is 15.9 Å². The summed E-state index contributed by atoms with van der Waals surface area (Å²) in [6, 6.07) is 15.9. The summed E-state index contributed by atoms with van der Waals surface area (Å²) >= 11 is 3.42. The van der Waals surface area contributed by atoms with E-state index in [4.69, 9.17) is 9.15 Å². The van der Waals surface area contributed by atoms with Gasteiger partial charge in [-0.3, -0.25) is 0 Å². The minimum atomic E-state index is 0.496. The second kappa shape index (κ2) is 6.33. The van der Waals surface area contributed by atoms with Gasteiger partial charge in [0.05, 0.1) is 6.54 Å². The molecule has 1 aromatic heterocycles. The minimum absolute atomic E-state index is 0.496. The maximum Gasteiger partial charge on any atom is 0.134 e. The molecule has 0 saturated heterocycles. The van der Waals surface area contributed by atoms with E-state index >= 15 is 0 Å². The Bertz CT molecular complexity index is 734. The van der Waals surface area contributed by atoms with Crippen molar-refractivity contribution >= 4 is 26.9 Å². The van der Waals surface area contributed by atoms with Crippen LogP contribution in [-0.2, 0) is 13.2 Å². The van der Waals surface area contributed by atoms with Crippen LogP contribution in [0.3, 0.4) is 0 Å². The van der Waals surface area contributed by atoms with E-state index in [0.29, 0.717) is 13.2 Å². The summed E-state index contributed by atoms with van der Waals surface area (Å²) in [5, 5.41) is 4.25. The van der Waals surface area contributed by atoms with Crippen molar-refractivity contribution in [3.05, 3.63) is 64.3 Å². The average molecular weight is 346 g/mol. The van der Waals surface area contributed by atoms with Crippen LogP contribution < -0.4 is 10.1 Å². The van der Waals surface area contributed by atoms with E-state index in [2.05, 4.69) is 27.3 Å². The molecular formula is C17H16BrNO2. The van der Waals surface area contributed by atoms with Gasteiger partial charge in [0, 0.05) is 15.4 Å². The first-order chi connectivity index (χ1) is 10.3. The summed E-state index contributed by atoms with van der Waals surface area (Å²) in [6.45, 7) is 1.18. The van der Waals surface area contributed by atoms with Crippen LogP contribution in [0.2, 0.25) is 0 Å². The molecule has 0 saturated carbocycles. The lowest BCUT2D eigenvalue weighted by Gasteiger charge is -2.07. The van der Waals surface area contributed by atoms with E-state index in [9.17, 15) is 0 Å². The number of ether oxygens (including phenoxy) is 1. The summed E-state index contributed by atoms with van der Waals surface area (Å²) in [4.78, 5) is 0. The van der Waals surface area contributed by atoms with Gasteiger partial charge in [0.1, 0.15) is 23.7 Å². The van der Waals surface area contributed by atoms with Crippen molar-refractivity contribution < 1.29 is 9.15 Å². The molecule has 0 radical (unpaired) electrons. The molecule has 0 atom stereocenters. The third-order valence-corrected chi connectivity index (χ3v) is 3.84. The molecule has 0 spiro atoms. The Balaban J connectivity index is 1.87. The van der Waals surface area contributed by atoms with Gasteiger partial charge in [-0.1, -0.05) is 34.1 Å². The molecular weight excluding hydrogens is 330 g/mol. The maximum atomic E-state index is 5.90. The molecule has 0 aliphatic carbocycles. The standard InChI is InChI=1S/C17H16BrNO2/c1-19-10-17-15(14-4-2-3-5-16(14)21-17)11-20-13-8-6-12(18)7-9-13/h2-9,19H,10-11H2,1H3. The molecule has 108 valence electrons. The molecule has 1 N–H and O–H groups in total. The van der Waals surface area contributed by atoms with Crippen molar-refractivity contribution in [2.45, 2.75) is 13.2 Å². The summed E-state index contributed by atoms with van der Waals surface area (Å²) in [7, 11) is 1.91. The van der Waals surface area contributed by atoms with Gasteiger partial charge >= 0.3 is 0 Å². The first-order valence-corrected chi connectivity index (χ1v) is 7.59. The molecule has 0 bridgehead atoms. The fourth-order valence-electron chi connectivity index (χ4n) is 2.30. The van der Waals surface area contributed by atoms with E-state index in [1.807, 2.05) is 49.5 Å². The molecule has 3 nitrogen and oxygen atoms in total. The van der Waals surface area contributed by atoms with Gasteiger partial charge < -0.3 is 14.5 Å². The highest BCUT2D eigenvalue weighted by atomic mass is 79.9. The van der Waals surface area contributed by atoms with Crippen LogP contribution in [-0.4, -0.2) is 7.05 Å². The summed E-state index contributed by atoms with van der Waals surface area (Å²) in [6.07, 6.45) is 0. The second-order valence-electron chi connectivity index (χ2n) is 4.77. The maximum absolute atomic E-state index is 5.90. The third kappa shape index (κ3) is 3.12. The van der Waals surface area contributed by atoms with Crippen LogP contribution in [0.25, 0.3) is 11.0 Å². The summed E-state index contributed by atoms with van der Waals surface area (Å²) < 4.78 is 12.8. The number of hydrogen-bond acceptors (Lipinski definition) is 3. The number of halogens is 1. The monoisotopic (exact) mass is 345 g/mol. The molecule has 3 aromatic rings. The van der Waals surface area contributed by atoms with Gasteiger partial charge in [-0.05, 0) is 37.4 Å². The number of benzene rings is 2.